The summed E-state index contributed by atoms with van der Waals surface area (Å²) in [5, 5.41) is 24.6. The van der Waals surface area contributed by atoms with Crippen molar-refractivity contribution in [1.82, 2.24) is 10.6 Å². The molecule has 0 aromatic heterocycles. The Hall–Kier alpha value is -2.86. The average Bonchev–Trinajstić information content (AvgIpc) is 2.57. The molecule has 0 saturated carbocycles. The first-order valence-electron chi connectivity index (χ1n) is 9.44. The lowest BCUT2D eigenvalue weighted by Crippen LogP contribution is -2.48. The molecule has 6 nitrogen and oxygen atoms in total. The molecule has 0 radical (unpaired) electrons. The van der Waals surface area contributed by atoms with Gasteiger partial charge >= 0.3 is 0 Å². The van der Waals surface area contributed by atoms with E-state index in [2.05, 4.69) is 31.4 Å². The van der Waals surface area contributed by atoms with Gasteiger partial charge in [0.05, 0.1) is 18.1 Å². The van der Waals surface area contributed by atoms with E-state index in [4.69, 9.17) is 0 Å². The van der Waals surface area contributed by atoms with Crippen LogP contribution in [0.25, 0.3) is 0 Å². The zero-order chi connectivity index (χ0) is 21.5. The van der Waals surface area contributed by atoms with Gasteiger partial charge in [-0.05, 0) is 44.2 Å². The maximum atomic E-state index is 13.2. The molecule has 1 aromatic carbocycles. The summed E-state index contributed by atoms with van der Waals surface area (Å²) in [5.41, 5.74) is 0.123. The summed E-state index contributed by atoms with van der Waals surface area (Å²) in [7, 11) is 0. The Morgan fingerprint density at radius 3 is 2.14 bits per heavy atom. The lowest BCUT2D eigenvalue weighted by molar-refractivity contribution is -0.124. The van der Waals surface area contributed by atoms with Gasteiger partial charge in [-0.25, -0.2) is 0 Å². The summed E-state index contributed by atoms with van der Waals surface area (Å²) in [6.07, 6.45) is 0.709. The van der Waals surface area contributed by atoms with E-state index < -0.39 is 23.3 Å². The van der Waals surface area contributed by atoms with Gasteiger partial charge in [-0.2, -0.15) is 10.5 Å². The van der Waals surface area contributed by atoms with Gasteiger partial charge in [0.15, 0.2) is 0 Å². The normalized spacial score (nSPS) is 12.6. The second-order valence-electron chi connectivity index (χ2n) is 8.77. The number of rotatable bonds is 7. The van der Waals surface area contributed by atoms with Crippen LogP contribution in [0.2, 0.25) is 0 Å². The van der Waals surface area contributed by atoms with E-state index in [9.17, 15) is 20.1 Å². The quantitative estimate of drug-likeness (QED) is 0.752. The maximum Gasteiger partial charge on any atom is 0.251 e. The van der Waals surface area contributed by atoms with Crippen LogP contribution in [0, 0.1) is 34.0 Å². The van der Waals surface area contributed by atoms with E-state index in [-0.39, 0.29) is 11.3 Å². The number of carbonyl (C=O) groups excluding carboxylic acids is 2. The van der Waals surface area contributed by atoms with Crippen molar-refractivity contribution in [3.05, 3.63) is 35.4 Å². The number of nitriles is 2. The van der Waals surface area contributed by atoms with Crippen molar-refractivity contribution in [3.63, 3.8) is 0 Å². The number of hydrogen-bond donors (Lipinski definition) is 2. The molecule has 1 atom stereocenters. The molecule has 2 N–H and O–H groups in total. The highest BCUT2D eigenvalue weighted by Crippen LogP contribution is 2.31. The Morgan fingerprint density at radius 2 is 1.64 bits per heavy atom. The maximum absolute atomic E-state index is 13.2. The monoisotopic (exact) mass is 382 g/mol. The molecule has 6 heteroatoms. The third-order valence-corrected chi connectivity index (χ3v) is 4.21. The first-order valence-corrected chi connectivity index (χ1v) is 9.44. The summed E-state index contributed by atoms with van der Waals surface area (Å²) in [4.78, 5) is 25.6. The minimum atomic E-state index is -1.21. The molecule has 28 heavy (non-hydrogen) atoms. The van der Waals surface area contributed by atoms with Crippen LogP contribution in [0.5, 0.6) is 0 Å². The third kappa shape index (κ3) is 6.39. The summed E-state index contributed by atoms with van der Waals surface area (Å²) in [6.45, 7) is 12.3. The summed E-state index contributed by atoms with van der Waals surface area (Å²) >= 11 is 0. The van der Waals surface area contributed by atoms with Gasteiger partial charge in [0.1, 0.15) is 5.92 Å². The fraction of sp³-hybridized carbons (Fsp3) is 0.545. The highest BCUT2D eigenvalue weighted by Gasteiger charge is 2.36. The summed E-state index contributed by atoms with van der Waals surface area (Å²) < 4.78 is 0. The molecule has 2 amide bonds. The Balaban J connectivity index is 3.37. The fourth-order valence-corrected chi connectivity index (χ4v) is 3.66. The van der Waals surface area contributed by atoms with Crippen molar-refractivity contribution in [3.8, 4) is 12.1 Å². The third-order valence-electron chi connectivity index (χ3n) is 4.21. The second-order valence-corrected chi connectivity index (χ2v) is 8.77. The highest BCUT2D eigenvalue weighted by molar-refractivity contribution is 5.98. The van der Waals surface area contributed by atoms with E-state index in [1.54, 1.807) is 31.2 Å². The molecule has 0 fully saturated rings. The Kier molecular flexibility index (Phi) is 7.76. The average molecular weight is 383 g/mol. The van der Waals surface area contributed by atoms with Crippen molar-refractivity contribution in [2.75, 3.05) is 6.54 Å². The lowest BCUT2D eigenvalue weighted by Gasteiger charge is -2.35. The molecule has 0 aliphatic heterocycles. The van der Waals surface area contributed by atoms with E-state index in [1.807, 2.05) is 26.0 Å². The van der Waals surface area contributed by atoms with Crippen LogP contribution >= 0.6 is 0 Å². The zero-order valence-corrected chi connectivity index (χ0v) is 17.6. The SMILES string of the molecule is CCNC(=O)c1ccccc1C(C(=O)NC(C)(C)CC(C)(C)C)C(C#N)C#N. The first-order chi connectivity index (χ1) is 13.0. The Labute approximate surface area is 167 Å². The molecule has 150 valence electrons. The van der Waals surface area contributed by atoms with Crippen molar-refractivity contribution in [2.24, 2.45) is 11.3 Å². The molecule has 0 saturated heterocycles. The predicted octanol–water partition coefficient (Wildman–Crippen LogP) is 3.51. The molecule has 0 aliphatic carbocycles. The van der Waals surface area contributed by atoms with Gasteiger partial charge in [-0.1, -0.05) is 39.0 Å². The predicted molar refractivity (Wildman–Crippen MR) is 108 cm³/mol. The molecule has 1 aromatic rings. The van der Waals surface area contributed by atoms with Crippen LogP contribution < -0.4 is 10.6 Å². The van der Waals surface area contributed by atoms with Gasteiger partial charge in [0.2, 0.25) is 5.91 Å². The fourth-order valence-electron chi connectivity index (χ4n) is 3.66. The number of hydrogen-bond acceptors (Lipinski definition) is 4. The number of benzene rings is 1. The molecule has 1 unspecified atom stereocenters. The molecule has 0 aliphatic rings. The number of carbonyl (C=O) groups is 2. The van der Waals surface area contributed by atoms with Crippen molar-refractivity contribution >= 4 is 11.8 Å². The standard InChI is InChI=1S/C22H30N4O2/c1-7-25-19(27)17-11-9-8-10-16(17)18(15(12-23)13-24)20(28)26-22(5,6)14-21(2,3)4/h8-11,15,18H,7,14H2,1-6H3,(H,25,27)(H,26,28). The van der Waals surface area contributed by atoms with Crippen molar-refractivity contribution < 1.29 is 9.59 Å². The Bertz CT molecular complexity index is 780. The van der Waals surface area contributed by atoms with Crippen molar-refractivity contribution in [2.45, 2.75) is 59.4 Å². The van der Waals surface area contributed by atoms with E-state index in [0.717, 1.165) is 0 Å². The molecular formula is C22H30N4O2. The Morgan fingerprint density at radius 1 is 1.07 bits per heavy atom. The lowest BCUT2D eigenvalue weighted by atomic mass is 9.80. The highest BCUT2D eigenvalue weighted by atomic mass is 16.2. The van der Waals surface area contributed by atoms with Gasteiger partial charge in [-0.15, -0.1) is 0 Å². The van der Waals surface area contributed by atoms with Crippen molar-refractivity contribution in [1.29, 1.82) is 10.5 Å². The molecule has 0 heterocycles. The van der Waals surface area contributed by atoms with E-state index >= 15 is 0 Å². The number of nitrogens with zero attached hydrogens (tertiary/aromatic N) is 2. The number of amides is 2. The van der Waals surface area contributed by atoms with Crippen LogP contribution in [0.4, 0.5) is 0 Å². The smallest absolute Gasteiger partial charge is 0.251 e. The van der Waals surface area contributed by atoms with Crippen LogP contribution in [-0.4, -0.2) is 23.9 Å². The van der Waals surface area contributed by atoms with Gasteiger partial charge < -0.3 is 10.6 Å². The minimum Gasteiger partial charge on any atom is -0.352 e. The molecule has 0 bridgehead atoms. The first kappa shape index (κ1) is 23.2. The zero-order valence-electron chi connectivity index (χ0n) is 17.6. The summed E-state index contributed by atoms with van der Waals surface area (Å²) in [6, 6.07) is 10.4. The van der Waals surface area contributed by atoms with Crippen LogP contribution in [0.1, 0.15) is 69.8 Å². The summed E-state index contributed by atoms with van der Waals surface area (Å²) in [5.74, 6) is -3.03. The molecular weight excluding hydrogens is 352 g/mol. The van der Waals surface area contributed by atoms with Gasteiger partial charge in [0.25, 0.3) is 5.91 Å². The van der Waals surface area contributed by atoms with E-state index in [0.29, 0.717) is 24.1 Å². The van der Waals surface area contributed by atoms with E-state index in [1.165, 1.54) is 0 Å². The molecule has 0 spiro atoms. The largest absolute Gasteiger partial charge is 0.352 e. The van der Waals surface area contributed by atoms with Gasteiger partial charge in [-0.3, -0.25) is 9.59 Å². The van der Waals surface area contributed by atoms with Crippen LogP contribution in [0.3, 0.4) is 0 Å². The number of nitrogens with one attached hydrogen (secondary N) is 2. The minimum absolute atomic E-state index is 0.0188. The van der Waals surface area contributed by atoms with Crippen LogP contribution in [-0.2, 0) is 4.79 Å². The van der Waals surface area contributed by atoms with Crippen LogP contribution in [0.15, 0.2) is 24.3 Å². The molecule has 1 rings (SSSR count). The topological polar surface area (TPSA) is 106 Å². The second kappa shape index (κ2) is 9.37. The van der Waals surface area contributed by atoms with Gasteiger partial charge in [0, 0.05) is 17.6 Å².